The SMILES string of the molecule is CC1(F)C(F)(F)C(F)(F)S(=O)(=O)NS1(=O)=O. The number of hydrogen-bond donors (Lipinski definition) is 1. The molecular formula is C4H4F5NO4S2. The maximum absolute atomic E-state index is 13.1. The molecule has 1 N–H and O–H groups in total. The summed E-state index contributed by atoms with van der Waals surface area (Å²) in [5, 5.41) is -10.6. The van der Waals surface area contributed by atoms with Gasteiger partial charge in [0.1, 0.15) is 0 Å². The Morgan fingerprint density at radius 1 is 0.875 bits per heavy atom. The lowest BCUT2D eigenvalue weighted by atomic mass is 10.2. The Kier molecular flexibility index (Phi) is 2.41. The molecule has 1 fully saturated rings. The van der Waals surface area contributed by atoms with Crippen LogP contribution in [0.4, 0.5) is 22.0 Å². The van der Waals surface area contributed by atoms with Crippen LogP contribution in [0, 0.1) is 0 Å². The molecule has 1 aliphatic heterocycles. The number of alkyl halides is 5. The first-order valence-corrected chi connectivity index (χ1v) is 6.39. The van der Waals surface area contributed by atoms with Gasteiger partial charge in [0, 0.05) is 0 Å². The van der Waals surface area contributed by atoms with E-state index in [4.69, 9.17) is 0 Å². The molecule has 5 nitrogen and oxygen atoms in total. The molecule has 1 rings (SSSR count). The summed E-state index contributed by atoms with van der Waals surface area (Å²) in [6.45, 7) is -0.349. The summed E-state index contributed by atoms with van der Waals surface area (Å²) in [6.07, 6.45) is 0. The van der Waals surface area contributed by atoms with Gasteiger partial charge in [0.2, 0.25) is 0 Å². The summed E-state index contributed by atoms with van der Waals surface area (Å²) >= 11 is 0. The molecule has 0 saturated carbocycles. The van der Waals surface area contributed by atoms with E-state index in [1.165, 1.54) is 0 Å². The minimum absolute atomic E-state index is 0.208. The fraction of sp³-hybridized carbons (Fsp3) is 1.00. The molecule has 1 saturated heterocycles. The highest BCUT2D eigenvalue weighted by molar-refractivity contribution is 8.06. The number of hydrogen-bond acceptors (Lipinski definition) is 4. The lowest BCUT2D eigenvalue weighted by Crippen LogP contribution is -2.71. The van der Waals surface area contributed by atoms with Crippen LogP contribution in [0.1, 0.15) is 6.92 Å². The smallest absolute Gasteiger partial charge is 0.218 e. The molecule has 96 valence electrons. The summed E-state index contributed by atoms with van der Waals surface area (Å²) in [7, 11) is -12.0. The van der Waals surface area contributed by atoms with Crippen molar-refractivity contribution in [2.45, 2.75) is 23.1 Å². The monoisotopic (exact) mass is 289 g/mol. The second-order valence-electron chi connectivity index (χ2n) is 3.10. The summed E-state index contributed by atoms with van der Waals surface area (Å²) in [5.74, 6) is -5.90. The fourth-order valence-corrected chi connectivity index (χ4v) is 4.13. The van der Waals surface area contributed by atoms with Gasteiger partial charge in [-0.2, -0.15) is 17.6 Å². The molecule has 0 amide bonds. The predicted octanol–water partition coefficient (Wildman–Crippen LogP) is 0.163. The highest BCUT2D eigenvalue weighted by Gasteiger charge is 2.83. The summed E-state index contributed by atoms with van der Waals surface area (Å²) in [4.78, 5) is 0. The maximum atomic E-state index is 13.1. The number of halogens is 5. The normalized spacial score (nSPS) is 39.1. The van der Waals surface area contributed by atoms with E-state index in [-0.39, 0.29) is 11.1 Å². The minimum atomic E-state index is -6.21. The first-order valence-electron chi connectivity index (χ1n) is 3.43. The lowest BCUT2D eigenvalue weighted by Gasteiger charge is -2.38. The average Bonchev–Trinajstić information content (AvgIpc) is 1.98. The van der Waals surface area contributed by atoms with Gasteiger partial charge in [-0.15, -0.1) is 4.13 Å². The Balaban J connectivity index is 3.70. The van der Waals surface area contributed by atoms with Crippen LogP contribution in [0.15, 0.2) is 0 Å². The Morgan fingerprint density at radius 2 is 1.25 bits per heavy atom. The zero-order valence-electron chi connectivity index (χ0n) is 7.34. The Morgan fingerprint density at radius 3 is 1.62 bits per heavy atom. The second-order valence-corrected chi connectivity index (χ2v) is 7.06. The molecule has 12 heteroatoms. The molecule has 0 aromatic rings. The van der Waals surface area contributed by atoms with Crippen LogP contribution in [0.25, 0.3) is 0 Å². The van der Waals surface area contributed by atoms with Crippen LogP contribution in [0.5, 0.6) is 0 Å². The van der Waals surface area contributed by atoms with Gasteiger partial charge in [-0.05, 0) is 6.92 Å². The summed E-state index contributed by atoms with van der Waals surface area (Å²) < 4.78 is 107. The van der Waals surface area contributed by atoms with Crippen molar-refractivity contribution in [3.05, 3.63) is 0 Å². The van der Waals surface area contributed by atoms with E-state index in [0.717, 1.165) is 0 Å². The molecule has 0 bridgehead atoms. The van der Waals surface area contributed by atoms with Gasteiger partial charge >= 0.3 is 11.2 Å². The quantitative estimate of drug-likeness (QED) is 0.644. The number of rotatable bonds is 0. The van der Waals surface area contributed by atoms with Crippen molar-refractivity contribution in [2.24, 2.45) is 0 Å². The highest BCUT2D eigenvalue weighted by Crippen LogP contribution is 2.52. The van der Waals surface area contributed by atoms with Crippen LogP contribution in [0.3, 0.4) is 0 Å². The van der Waals surface area contributed by atoms with Gasteiger partial charge < -0.3 is 0 Å². The number of nitrogens with one attached hydrogen (secondary N) is 1. The molecule has 1 unspecified atom stereocenters. The third-order valence-electron chi connectivity index (χ3n) is 1.99. The van der Waals surface area contributed by atoms with Crippen LogP contribution < -0.4 is 4.13 Å². The van der Waals surface area contributed by atoms with Crippen LogP contribution >= 0.6 is 0 Å². The van der Waals surface area contributed by atoms with Crippen molar-refractivity contribution in [3.8, 4) is 0 Å². The van der Waals surface area contributed by atoms with Crippen molar-refractivity contribution in [3.63, 3.8) is 0 Å². The molecule has 16 heavy (non-hydrogen) atoms. The zero-order chi connectivity index (χ0) is 13.2. The van der Waals surface area contributed by atoms with Crippen molar-refractivity contribution in [2.75, 3.05) is 0 Å². The molecule has 1 aliphatic rings. The van der Waals surface area contributed by atoms with Gasteiger partial charge in [-0.25, -0.2) is 21.2 Å². The van der Waals surface area contributed by atoms with Crippen molar-refractivity contribution in [1.82, 2.24) is 4.13 Å². The van der Waals surface area contributed by atoms with Crippen LogP contribution in [0.2, 0.25) is 0 Å². The van der Waals surface area contributed by atoms with Crippen molar-refractivity contribution in [1.29, 1.82) is 0 Å². The van der Waals surface area contributed by atoms with E-state index in [2.05, 4.69) is 0 Å². The predicted molar refractivity (Wildman–Crippen MR) is 40.4 cm³/mol. The second kappa shape index (κ2) is 2.85. The molecule has 1 heterocycles. The molecule has 0 aliphatic carbocycles. The van der Waals surface area contributed by atoms with E-state index in [1.807, 2.05) is 0 Å². The van der Waals surface area contributed by atoms with Gasteiger partial charge in [0.15, 0.2) is 0 Å². The van der Waals surface area contributed by atoms with Gasteiger partial charge in [-0.1, -0.05) is 0 Å². The first kappa shape index (κ1) is 13.6. The Hall–Kier alpha value is -0.490. The molecule has 0 radical (unpaired) electrons. The third kappa shape index (κ3) is 1.23. The Labute approximate surface area is 86.7 Å². The van der Waals surface area contributed by atoms with E-state index in [1.54, 1.807) is 0 Å². The summed E-state index contributed by atoms with van der Waals surface area (Å²) in [6, 6.07) is 0. The number of sulfonamides is 2. The maximum Gasteiger partial charge on any atom is 0.426 e. The highest BCUT2D eigenvalue weighted by atomic mass is 32.3. The molecule has 0 spiro atoms. The van der Waals surface area contributed by atoms with Crippen LogP contribution in [-0.4, -0.2) is 33.0 Å². The minimum Gasteiger partial charge on any atom is -0.218 e. The Bertz CT molecular complexity index is 475. The van der Waals surface area contributed by atoms with E-state index in [0.29, 0.717) is 0 Å². The zero-order valence-corrected chi connectivity index (χ0v) is 8.97. The molecule has 0 aromatic carbocycles. The first-order chi connectivity index (χ1) is 6.71. The van der Waals surface area contributed by atoms with Crippen LogP contribution in [-0.2, 0) is 20.0 Å². The van der Waals surface area contributed by atoms with E-state index < -0.39 is 36.2 Å². The third-order valence-corrected chi connectivity index (χ3v) is 5.94. The van der Waals surface area contributed by atoms with Gasteiger partial charge in [0.25, 0.3) is 25.0 Å². The summed E-state index contributed by atoms with van der Waals surface area (Å²) in [5.41, 5.74) is 0. The topological polar surface area (TPSA) is 80.3 Å². The molecule has 0 aromatic heterocycles. The lowest BCUT2D eigenvalue weighted by molar-refractivity contribution is -0.206. The molecular weight excluding hydrogens is 285 g/mol. The van der Waals surface area contributed by atoms with Gasteiger partial charge in [0.05, 0.1) is 0 Å². The van der Waals surface area contributed by atoms with Crippen molar-refractivity contribution >= 4 is 20.0 Å². The fourth-order valence-electron chi connectivity index (χ4n) is 0.872. The van der Waals surface area contributed by atoms with Crippen molar-refractivity contribution < 1.29 is 38.8 Å². The van der Waals surface area contributed by atoms with E-state index >= 15 is 0 Å². The average molecular weight is 289 g/mol. The molecule has 1 atom stereocenters. The van der Waals surface area contributed by atoms with Gasteiger partial charge in [-0.3, -0.25) is 0 Å². The standard InChI is InChI=1S/C4H4F5NO4S2/c1-2(5)3(6,7)4(8,9)16(13,14)10-15(2,11)12/h10H,1H3. The largest absolute Gasteiger partial charge is 0.426 e. The van der Waals surface area contributed by atoms with E-state index in [9.17, 15) is 38.8 Å².